The summed E-state index contributed by atoms with van der Waals surface area (Å²) in [5, 5.41) is 0. The second-order valence-electron chi connectivity index (χ2n) is 10.6. The summed E-state index contributed by atoms with van der Waals surface area (Å²) in [7, 11) is 0. The van der Waals surface area contributed by atoms with Gasteiger partial charge in [0.1, 0.15) is 34.7 Å². The van der Waals surface area contributed by atoms with E-state index in [-0.39, 0.29) is 46.9 Å². The summed E-state index contributed by atoms with van der Waals surface area (Å²) in [4.78, 5) is 0. The maximum Gasteiger partial charge on any atom is 0.422 e. The highest BCUT2D eigenvalue weighted by Crippen LogP contribution is 2.40. The Labute approximate surface area is 232 Å². The molecule has 41 heavy (non-hydrogen) atoms. The van der Waals surface area contributed by atoms with Crippen LogP contribution in [0.1, 0.15) is 80.0 Å². The first-order valence-electron chi connectivity index (χ1n) is 13.6. The lowest BCUT2D eigenvalue weighted by Gasteiger charge is -2.29. The van der Waals surface area contributed by atoms with Crippen LogP contribution in [0, 0.1) is 29.2 Å². The number of halogens is 9. The SMILES string of the molecule is CCC/C(F)=C(\F)c1ccc(-c2ccc(C3CCC(CCc4cc(F)c(C(F)(F)F)c(F)c4)CC3)c(F)c2)c(F)c1. The van der Waals surface area contributed by atoms with E-state index in [2.05, 4.69) is 0 Å². The molecule has 3 aromatic carbocycles. The minimum absolute atomic E-state index is 0.0581. The predicted molar refractivity (Wildman–Crippen MR) is 140 cm³/mol. The Hall–Kier alpha value is -3.23. The van der Waals surface area contributed by atoms with Crippen molar-refractivity contribution in [1.29, 1.82) is 0 Å². The molecule has 3 aromatic rings. The van der Waals surface area contributed by atoms with Crippen molar-refractivity contribution >= 4 is 5.83 Å². The summed E-state index contributed by atoms with van der Waals surface area (Å²) in [6, 6.07) is 9.28. The van der Waals surface area contributed by atoms with E-state index >= 15 is 4.39 Å². The van der Waals surface area contributed by atoms with Crippen molar-refractivity contribution in [1.82, 2.24) is 0 Å². The fourth-order valence-electron chi connectivity index (χ4n) is 5.57. The molecule has 0 saturated heterocycles. The molecule has 0 N–H and O–H groups in total. The molecule has 9 heteroatoms. The summed E-state index contributed by atoms with van der Waals surface area (Å²) in [6.45, 7) is 1.69. The maximum absolute atomic E-state index is 15.1. The number of hydrogen-bond acceptors (Lipinski definition) is 0. The largest absolute Gasteiger partial charge is 0.422 e. The van der Waals surface area contributed by atoms with E-state index < -0.39 is 46.7 Å². The third-order valence-corrected chi connectivity index (χ3v) is 7.75. The summed E-state index contributed by atoms with van der Waals surface area (Å²) in [5.41, 5.74) is -1.16. The van der Waals surface area contributed by atoms with Crippen molar-refractivity contribution in [2.45, 2.75) is 70.4 Å². The Kier molecular flexibility index (Phi) is 9.55. The van der Waals surface area contributed by atoms with Crippen molar-refractivity contribution in [2.24, 2.45) is 5.92 Å². The highest BCUT2D eigenvalue weighted by Gasteiger charge is 2.38. The van der Waals surface area contributed by atoms with Crippen LogP contribution in [-0.2, 0) is 12.6 Å². The van der Waals surface area contributed by atoms with E-state index in [9.17, 15) is 35.1 Å². The molecule has 1 saturated carbocycles. The Morgan fingerprint density at radius 2 is 1.44 bits per heavy atom. The highest BCUT2D eigenvalue weighted by molar-refractivity contribution is 5.69. The molecule has 1 aliphatic carbocycles. The lowest BCUT2D eigenvalue weighted by molar-refractivity contribution is -0.142. The highest BCUT2D eigenvalue weighted by atomic mass is 19.4. The first kappa shape index (κ1) is 30.7. The second kappa shape index (κ2) is 12.7. The van der Waals surface area contributed by atoms with Gasteiger partial charge in [-0.05, 0) is 97.7 Å². The molecule has 0 nitrogen and oxygen atoms in total. The Morgan fingerprint density at radius 1 is 0.780 bits per heavy atom. The van der Waals surface area contributed by atoms with Crippen molar-refractivity contribution < 1.29 is 39.5 Å². The number of hydrogen-bond donors (Lipinski definition) is 0. The van der Waals surface area contributed by atoms with Gasteiger partial charge in [-0.15, -0.1) is 0 Å². The molecule has 0 atom stereocenters. The zero-order chi connectivity index (χ0) is 29.9. The van der Waals surface area contributed by atoms with Crippen molar-refractivity contribution in [3.63, 3.8) is 0 Å². The topological polar surface area (TPSA) is 0 Å². The van der Waals surface area contributed by atoms with Crippen molar-refractivity contribution in [3.05, 3.63) is 99.9 Å². The quantitative estimate of drug-likeness (QED) is 0.231. The van der Waals surface area contributed by atoms with Gasteiger partial charge in [0.15, 0.2) is 5.83 Å². The summed E-state index contributed by atoms with van der Waals surface area (Å²) in [5.74, 6) is -6.56. The standard InChI is InChI=1S/C32H29F9/c1-2-3-25(33)31(38)22-11-13-24(27(35)17-22)21-10-12-23(26(34)16-21)20-8-6-18(7-9-20)4-5-19-14-28(36)30(29(37)15-19)32(39,40)41/h10-18,20H,2-9H2,1H3/b31-25+. The van der Waals surface area contributed by atoms with E-state index in [1.165, 1.54) is 18.2 Å². The molecule has 1 aliphatic rings. The Morgan fingerprint density at radius 3 is 2.00 bits per heavy atom. The molecule has 0 heterocycles. The molecule has 220 valence electrons. The fraction of sp³-hybridized carbons (Fsp3) is 0.375. The third-order valence-electron chi connectivity index (χ3n) is 7.75. The zero-order valence-corrected chi connectivity index (χ0v) is 22.3. The maximum atomic E-state index is 15.1. The zero-order valence-electron chi connectivity index (χ0n) is 22.3. The van der Waals surface area contributed by atoms with Gasteiger partial charge in [-0.25, -0.2) is 26.3 Å². The molecular formula is C32H29F9. The number of allylic oxidation sites excluding steroid dienone is 1. The van der Waals surface area contributed by atoms with Crippen LogP contribution in [0.2, 0.25) is 0 Å². The molecule has 0 radical (unpaired) electrons. The minimum atomic E-state index is -5.11. The van der Waals surface area contributed by atoms with Gasteiger partial charge in [0.2, 0.25) is 0 Å². The van der Waals surface area contributed by atoms with Crippen LogP contribution in [0.25, 0.3) is 17.0 Å². The summed E-state index contributed by atoms with van der Waals surface area (Å²) < 4.78 is 124. The minimum Gasteiger partial charge on any atom is -0.209 e. The molecular weight excluding hydrogens is 555 g/mol. The van der Waals surface area contributed by atoms with Crippen LogP contribution < -0.4 is 0 Å². The van der Waals surface area contributed by atoms with Crippen LogP contribution in [0.5, 0.6) is 0 Å². The van der Waals surface area contributed by atoms with Gasteiger partial charge in [0.05, 0.1) is 0 Å². The second-order valence-corrected chi connectivity index (χ2v) is 10.6. The number of aryl methyl sites for hydroxylation is 1. The number of alkyl halides is 3. The van der Waals surface area contributed by atoms with Crippen molar-refractivity contribution in [3.8, 4) is 11.1 Å². The molecule has 0 bridgehead atoms. The van der Waals surface area contributed by atoms with Crippen LogP contribution in [0.4, 0.5) is 39.5 Å². The molecule has 0 unspecified atom stereocenters. The summed E-state index contributed by atoms with van der Waals surface area (Å²) >= 11 is 0. The van der Waals surface area contributed by atoms with Gasteiger partial charge in [-0.2, -0.15) is 13.2 Å². The third kappa shape index (κ3) is 7.16. The number of rotatable bonds is 8. The average molecular weight is 585 g/mol. The Bertz CT molecular complexity index is 1390. The van der Waals surface area contributed by atoms with Gasteiger partial charge in [-0.3, -0.25) is 0 Å². The smallest absolute Gasteiger partial charge is 0.209 e. The molecule has 1 fully saturated rings. The van der Waals surface area contributed by atoms with E-state index in [0.29, 0.717) is 44.1 Å². The fourth-order valence-corrected chi connectivity index (χ4v) is 5.57. The van der Waals surface area contributed by atoms with E-state index in [0.717, 1.165) is 18.2 Å². The van der Waals surface area contributed by atoms with E-state index in [1.807, 2.05) is 0 Å². The van der Waals surface area contributed by atoms with Crippen molar-refractivity contribution in [2.75, 3.05) is 0 Å². The first-order chi connectivity index (χ1) is 19.4. The Balaban J connectivity index is 1.38. The molecule has 0 aliphatic heterocycles. The van der Waals surface area contributed by atoms with E-state index in [4.69, 9.17) is 0 Å². The van der Waals surface area contributed by atoms with Gasteiger partial charge >= 0.3 is 6.18 Å². The monoisotopic (exact) mass is 584 g/mol. The van der Waals surface area contributed by atoms with Crippen LogP contribution in [-0.4, -0.2) is 0 Å². The van der Waals surface area contributed by atoms with Gasteiger partial charge < -0.3 is 0 Å². The lowest BCUT2D eigenvalue weighted by Crippen LogP contribution is -2.15. The normalized spacial score (nSPS) is 18.4. The predicted octanol–water partition coefficient (Wildman–Crippen LogP) is 11.2. The molecule has 4 rings (SSSR count). The number of benzene rings is 3. The lowest BCUT2D eigenvalue weighted by atomic mass is 9.76. The summed E-state index contributed by atoms with van der Waals surface area (Å²) in [6.07, 6.45) is -1.33. The molecule has 0 aromatic heterocycles. The van der Waals surface area contributed by atoms with Crippen LogP contribution in [0.15, 0.2) is 54.4 Å². The van der Waals surface area contributed by atoms with Gasteiger partial charge in [0.25, 0.3) is 0 Å². The van der Waals surface area contributed by atoms with E-state index in [1.54, 1.807) is 19.1 Å². The average Bonchev–Trinajstić information content (AvgIpc) is 2.90. The molecule has 0 spiro atoms. The van der Waals surface area contributed by atoms with Gasteiger partial charge in [-0.1, -0.05) is 31.2 Å². The molecule has 0 amide bonds. The first-order valence-corrected chi connectivity index (χ1v) is 13.6. The van der Waals surface area contributed by atoms with Crippen LogP contribution in [0.3, 0.4) is 0 Å². The van der Waals surface area contributed by atoms with Gasteiger partial charge in [0, 0.05) is 17.5 Å². The van der Waals surface area contributed by atoms with Crippen LogP contribution >= 0.6 is 0 Å².